The first-order chi connectivity index (χ1) is 10.7. The van der Waals surface area contributed by atoms with Crippen LogP contribution < -0.4 is 0 Å². The van der Waals surface area contributed by atoms with Crippen molar-refractivity contribution in [2.24, 2.45) is 0 Å². The maximum atomic E-state index is 14.2. The molecule has 3 rings (SSSR count). The molecule has 9 heteroatoms. The van der Waals surface area contributed by atoms with Gasteiger partial charge in [0, 0.05) is 5.39 Å². The van der Waals surface area contributed by atoms with Crippen molar-refractivity contribution < 1.29 is 39.5 Å². The average molecular weight is 340 g/mol. The molecule has 0 spiro atoms. The van der Waals surface area contributed by atoms with Gasteiger partial charge < -0.3 is 0 Å². The molecule has 0 heterocycles. The molecule has 0 bridgehead atoms. The zero-order chi connectivity index (χ0) is 17.2. The van der Waals surface area contributed by atoms with E-state index in [1.807, 2.05) is 0 Å². The van der Waals surface area contributed by atoms with Crippen molar-refractivity contribution in [1.29, 1.82) is 0 Å². The van der Waals surface area contributed by atoms with E-state index in [1.165, 1.54) is 0 Å². The predicted molar refractivity (Wildman–Crippen MR) is 61.1 cm³/mol. The van der Waals surface area contributed by atoms with Crippen LogP contribution in [0.1, 0.15) is 0 Å². The van der Waals surface area contributed by atoms with Gasteiger partial charge in [-0.05, 0) is 6.07 Å². The molecule has 0 aliphatic heterocycles. The molecule has 120 valence electrons. The van der Waals surface area contributed by atoms with Gasteiger partial charge in [-0.15, -0.1) is 0 Å². The Balaban J connectivity index is 2.77. The summed E-state index contributed by atoms with van der Waals surface area (Å²) >= 11 is 0. The summed E-state index contributed by atoms with van der Waals surface area (Å²) in [5.74, 6) is -19.9. The largest absolute Gasteiger partial charge is 0.206 e. The van der Waals surface area contributed by atoms with Crippen LogP contribution in [0, 0.1) is 52.4 Å². The van der Waals surface area contributed by atoms with Crippen LogP contribution in [0.4, 0.5) is 39.5 Å². The standard InChI is InChI=1S/C14HF9/c15-3-1-2-4(10(19)8(3)17)9(18)6-5(7(2)16)11(20)13(22)14(23)12(6)21/h1H. The third-order valence-corrected chi connectivity index (χ3v) is 3.32. The smallest absolute Gasteiger partial charge is 0.198 e. The molecule has 3 aromatic carbocycles. The second-order valence-corrected chi connectivity index (χ2v) is 4.54. The van der Waals surface area contributed by atoms with Gasteiger partial charge >= 0.3 is 0 Å². The molecule has 0 saturated heterocycles. The molecule has 0 radical (unpaired) electrons. The maximum absolute atomic E-state index is 14.2. The molecule has 0 saturated carbocycles. The summed E-state index contributed by atoms with van der Waals surface area (Å²) in [6.07, 6.45) is 0. The molecule has 0 aliphatic carbocycles. The van der Waals surface area contributed by atoms with Crippen LogP contribution in [0.15, 0.2) is 6.07 Å². The van der Waals surface area contributed by atoms with Gasteiger partial charge in [0.15, 0.2) is 40.7 Å². The molecule has 0 nitrogen and oxygen atoms in total. The third-order valence-electron chi connectivity index (χ3n) is 3.32. The van der Waals surface area contributed by atoms with Crippen molar-refractivity contribution in [2.45, 2.75) is 0 Å². The Labute approximate surface area is 120 Å². The van der Waals surface area contributed by atoms with Crippen LogP contribution in [-0.4, -0.2) is 0 Å². The quantitative estimate of drug-likeness (QED) is 0.227. The Morgan fingerprint density at radius 3 is 1.35 bits per heavy atom. The minimum absolute atomic E-state index is 0.00972. The van der Waals surface area contributed by atoms with E-state index in [1.54, 1.807) is 0 Å². The lowest BCUT2D eigenvalue weighted by Crippen LogP contribution is -2.05. The SMILES string of the molecule is Fc1cc2c(F)c3c(F)c(F)c(F)c(F)c3c(F)c2c(F)c1F. The predicted octanol–water partition coefficient (Wildman–Crippen LogP) is 5.24. The van der Waals surface area contributed by atoms with Crippen LogP contribution in [0.5, 0.6) is 0 Å². The summed E-state index contributed by atoms with van der Waals surface area (Å²) in [5, 5.41) is -6.29. The van der Waals surface area contributed by atoms with Crippen LogP contribution in [0.2, 0.25) is 0 Å². The fourth-order valence-corrected chi connectivity index (χ4v) is 2.29. The van der Waals surface area contributed by atoms with Crippen LogP contribution in [-0.2, 0) is 0 Å². The van der Waals surface area contributed by atoms with Crippen molar-refractivity contribution in [1.82, 2.24) is 0 Å². The fourth-order valence-electron chi connectivity index (χ4n) is 2.29. The lowest BCUT2D eigenvalue weighted by Gasteiger charge is -2.11. The maximum Gasteiger partial charge on any atom is 0.198 e. The Hall–Kier alpha value is -2.45. The van der Waals surface area contributed by atoms with E-state index >= 15 is 0 Å². The fraction of sp³-hybridized carbons (Fsp3) is 0. The van der Waals surface area contributed by atoms with Crippen molar-refractivity contribution in [3.63, 3.8) is 0 Å². The summed E-state index contributed by atoms with van der Waals surface area (Å²) in [7, 11) is 0. The van der Waals surface area contributed by atoms with E-state index in [9.17, 15) is 39.5 Å². The van der Waals surface area contributed by atoms with E-state index < -0.39 is 73.9 Å². The van der Waals surface area contributed by atoms with Crippen molar-refractivity contribution in [2.75, 3.05) is 0 Å². The van der Waals surface area contributed by atoms with E-state index in [4.69, 9.17) is 0 Å². The van der Waals surface area contributed by atoms with Gasteiger partial charge in [0.2, 0.25) is 0 Å². The molecule has 23 heavy (non-hydrogen) atoms. The summed E-state index contributed by atoms with van der Waals surface area (Å²) in [4.78, 5) is 0. The van der Waals surface area contributed by atoms with Crippen molar-refractivity contribution >= 4 is 21.5 Å². The first kappa shape index (κ1) is 15.4. The summed E-state index contributed by atoms with van der Waals surface area (Å²) in [6.45, 7) is 0. The van der Waals surface area contributed by atoms with E-state index in [-0.39, 0.29) is 6.07 Å². The minimum Gasteiger partial charge on any atom is -0.206 e. The molecule has 0 atom stereocenters. The van der Waals surface area contributed by atoms with Gasteiger partial charge in [0.25, 0.3) is 0 Å². The van der Waals surface area contributed by atoms with E-state index in [0.29, 0.717) is 0 Å². The number of fused-ring (bicyclic) bond motifs is 2. The number of hydrogen-bond donors (Lipinski definition) is 0. The lowest BCUT2D eigenvalue weighted by atomic mass is 9.99. The highest BCUT2D eigenvalue weighted by Crippen LogP contribution is 2.38. The molecule has 0 unspecified atom stereocenters. The monoisotopic (exact) mass is 340 g/mol. The van der Waals surface area contributed by atoms with Gasteiger partial charge in [0.05, 0.1) is 16.2 Å². The number of benzene rings is 3. The molecular weight excluding hydrogens is 339 g/mol. The molecule has 0 N–H and O–H groups in total. The average Bonchev–Trinajstić information content (AvgIpc) is 2.51. The Morgan fingerprint density at radius 1 is 0.391 bits per heavy atom. The molecule has 3 aromatic rings. The van der Waals surface area contributed by atoms with Gasteiger partial charge in [-0.3, -0.25) is 0 Å². The Bertz CT molecular complexity index is 1010. The van der Waals surface area contributed by atoms with Crippen molar-refractivity contribution in [3.8, 4) is 0 Å². The highest BCUT2D eigenvalue weighted by molar-refractivity contribution is 6.00. The Morgan fingerprint density at radius 2 is 0.826 bits per heavy atom. The first-order valence-corrected chi connectivity index (χ1v) is 5.78. The molecule has 0 amide bonds. The number of rotatable bonds is 0. The summed E-state index contributed by atoms with van der Waals surface area (Å²) in [5.41, 5.74) is 0. The van der Waals surface area contributed by atoms with Crippen LogP contribution >= 0.6 is 0 Å². The summed E-state index contributed by atoms with van der Waals surface area (Å²) in [6, 6.07) is -0.00972. The highest BCUT2D eigenvalue weighted by Gasteiger charge is 2.30. The van der Waals surface area contributed by atoms with Gasteiger partial charge in [-0.2, -0.15) is 0 Å². The third kappa shape index (κ3) is 1.82. The zero-order valence-electron chi connectivity index (χ0n) is 10.5. The molecule has 0 aliphatic rings. The topological polar surface area (TPSA) is 0 Å². The minimum atomic E-state index is -2.46. The van der Waals surface area contributed by atoms with Crippen LogP contribution in [0.25, 0.3) is 21.5 Å². The zero-order valence-corrected chi connectivity index (χ0v) is 10.5. The molecular formula is C14HF9. The second-order valence-electron chi connectivity index (χ2n) is 4.54. The Kier molecular flexibility index (Phi) is 3.20. The highest BCUT2D eigenvalue weighted by atomic mass is 19.2. The molecule has 0 fully saturated rings. The first-order valence-electron chi connectivity index (χ1n) is 5.78. The molecule has 0 aromatic heterocycles. The van der Waals surface area contributed by atoms with Gasteiger partial charge in [-0.25, -0.2) is 39.5 Å². The number of halogens is 9. The van der Waals surface area contributed by atoms with Crippen molar-refractivity contribution in [3.05, 3.63) is 58.4 Å². The normalized spacial score (nSPS) is 11.7. The van der Waals surface area contributed by atoms with E-state index in [0.717, 1.165) is 0 Å². The van der Waals surface area contributed by atoms with E-state index in [2.05, 4.69) is 0 Å². The number of hydrogen-bond acceptors (Lipinski definition) is 0. The summed E-state index contributed by atoms with van der Waals surface area (Å²) < 4.78 is 122. The van der Waals surface area contributed by atoms with Crippen LogP contribution in [0.3, 0.4) is 0 Å². The van der Waals surface area contributed by atoms with Gasteiger partial charge in [0.1, 0.15) is 11.6 Å². The second kappa shape index (κ2) is 4.77. The van der Waals surface area contributed by atoms with Gasteiger partial charge in [-0.1, -0.05) is 0 Å². The lowest BCUT2D eigenvalue weighted by molar-refractivity contribution is 0.414.